The summed E-state index contributed by atoms with van der Waals surface area (Å²) in [6.07, 6.45) is 3.21. The predicted molar refractivity (Wildman–Crippen MR) is 88.0 cm³/mol. The zero-order valence-electron chi connectivity index (χ0n) is 12.4. The first kappa shape index (κ1) is 14.3. The molecule has 0 aliphatic carbocycles. The van der Waals surface area contributed by atoms with Crippen molar-refractivity contribution in [3.63, 3.8) is 0 Å². The van der Waals surface area contributed by atoms with Crippen molar-refractivity contribution < 1.29 is 4.39 Å². The molecule has 0 unspecified atom stereocenters. The summed E-state index contributed by atoms with van der Waals surface area (Å²) in [6, 6.07) is 17.0. The maximum atomic E-state index is 14.1. The zero-order chi connectivity index (χ0) is 15.5. The van der Waals surface area contributed by atoms with Gasteiger partial charge < -0.3 is 9.98 Å². The number of benzene rings is 2. The summed E-state index contributed by atoms with van der Waals surface area (Å²) in [6.45, 7) is 2.61. The molecule has 0 fully saturated rings. The SMILES string of the molecule is Cc1ccc(F)c(-c2cc(C=N)n(Cc3ccccc3)c2)c1. The summed E-state index contributed by atoms with van der Waals surface area (Å²) in [5, 5.41) is 7.58. The highest BCUT2D eigenvalue weighted by atomic mass is 19.1. The summed E-state index contributed by atoms with van der Waals surface area (Å²) >= 11 is 0. The Morgan fingerprint density at radius 3 is 2.59 bits per heavy atom. The molecule has 3 aromatic rings. The number of hydrogen-bond donors (Lipinski definition) is 1. The van der Waals surface area contributed by atoms with Gasteiger partial charge in [-0.3, -0.25) is 0 Å². The molecular weight excluding hydrogens is 275 g/mol. The fraction of sp³-hybridized carbons (Fsp3) is 0.105. The van der Waals surface area contributed by atoms with Crippen molar-refractivity contribution in [1.29, 1.82) is 5.41 Å². The summed E-state index contributed by atoms with van der Waals surface area (Å²) < 4.78 is 16.0. The highest BCUT2D eigenvalue weighted by molar-refractivity contribution is 5.79. The van der Waals surface area contributed by atoms with Gasteiger partial charge in [0.05, 0.1) is 5.69 Å². The lowest BCUT2D eigenvalue weighted by Gasteiger charge is -2.06. The van der Waals surface area contributed by atoms with Crippen molar-refractivity contribution in [2.45, 2.75) is 13.5 Å². The first-order valence-corrected chi connectivity index (χ1v) is 7.18. The Labute approximate surface area is 129 Å². The van der Waals surface area contributed by atoms with Gasteiger partial charge in [0.2, 0.25) is 0 Å². The second-order valence-electron chi connectivity index (χ2n) is 5.39. The molecular formula is C19H17FN2. The van der Waals surface area contributed by atoms with Crippen molar-refractivity contribution in [2.75, 3.05) is 0 Å². The molecule has 110 valence electrons. The predicted octanol–water partition coefficient (Wildman–Crippen LogP) is 4.65. The highest BCUT2D eigenvalue weighted by Crippen LogP contribution is 2.26. The molecule has 0 spiro atoms. The van der Waals surface area contributed by atoms with Gasteiger partial charge in [-0.15, -0.1) is 0 Å². The number of halogens is 1. The van der Waals surface area contributed by atoms with Gasteiger partial charge in [-0.2, -0.15) is 0 Å². The highest BCUT2D eigenvalue weighted by Gasteiger charge is 2.10. The van der Waals surface area contributed by atoms with E-state index in [1.54, 1.807) is 6.07 Å². The normalized spacial score (nSPS) is 10.6. The van der Waals surface area contributed by atoms with Crippen molar-refractivity contribution in [2.24, 2.45) is 0 Å². The molecule has 2 aromatic carbocycles. The van der Waals surface area contributed by atoms with Crippen LogP contribution in [0, 0.1) is 18.2 Å². The molecule has 0 radical (unpaired) electrons. The van der Waals surface area contributed by atoms with E-state index in [9.17, 15) is 4.39 Å². The van der Waals surface area contributed by atoms with E-state index >= 15 is 0 Å². The quantitative estimate of drug-likeness (QED) is 0.678. The first-order chi connectivity index (χ1) is 10.7. The van der Waals surface area contributed by atoms with Crippen LogP contribution in [-0.2, 0) is 6.54 Å². The van der Waals surface area contributed by atoms with Gasteiger partial charge in [0.25, 0.3) is 0 Å². The van der Waals surface area contributed by atoms with E-state index in [0.717, 1.165) is 22.4 Å². The largest absolute Gasteiger partial charge is 0.342 e. The lowest BCUT2D eigenvalue weighted by atomic mass is 10.1. The van der Waals surface area contributed by atoms with Crippen molar-refractivity contribution in [3.8, 4) is 11.1 Å². The number of rotatable bonds is 4. The molecule has 0 saturated carbocycles. The summed E-state index contributed by atoms with van der Waals surface area (Å²) in [4.78, 5) is 0. The molecule has 2 nitrogen and oxygen atoms in total. The summed E-state index contributed by atoms with van der Waals surface area (Å²) in [5.41, 5.74) is 4.31. The molecule has 0 bridgehead atoms. The zero-order valence-corrected chi connectivity index (χ0v) is 12.4. The molecule has 1 aromatic heterocycles. The minimum Gasteiger partial charge on any atom is -0.342 e. The Bertz CT molecular complexity index is 804. The standard InChI is InChI=1S/C19H17FN2/c1-14-7-8-19(20)18(9-14)16-10-17(11-21)22(13-16)12-15-5-3-2-4-6-15/h2-11,13,21H,12H2,1H3. The fourth-order valence-electron chi connectivity index (χ4n) is 2.57. The van der Waals surface area contributed by atoms with E-state index in [1.807, 2.05) is 60.2 Å². The smallest absolute Gasteiger partial charge is 0.131 e. The average Bonchev–Trinajstić information content (AvgIpc) is 2.93. The number of aromatic nitrogens is 1. The van der Waals surface area contributed by atoms with Crippen molar-refractivity contribution >= 4 is 6.21 Å². The van der Waals surface area contributed by atoms with Gasteiger partial charge in [0.15, 0.2) is 0 Å². The van der Waals surface area contributed by atoms with Gasteiger partial charge in [-0.1, -0.05) is 42.0 Å². The van der Waals surface area contributed by atoms with Crippen LogP contribution < -0.4 is 0 Å². The van der Waals surface area contributed by atoms with Crippen LogP contribution in [0.1, 0.15) is 16.8 Å². The minimum atomic E-state index is -0.237. The number of nitrogens with one attached hydrogen (secondary N) is 1. The van der Waals surface area contributed by atoms with Gasteiger partial charge >= 0.3 is 0 Å². The average molecular weight is 292 g/mol. The maximum absolute atomic E-state index is 14.1. The monoisotopic (exact) mass is 292 g/mol. The molecule has 22 heavy (non-hydrogen) atoms. The van der Waals surface area contributed by atoms with E-state index in [2.05, 4.69) is 0 Å². The Hall–Kier alpha value is -2.68. The molecule has 0 aliphatic heterocycles. The van der Waals surface area contributed by atoms with Crippen LogP contribution in [-0.4, -0.2) is 10.8 Å². The molecule has 3 rings (SSSR count). The van der Waals surface area contributed by atoms with E-state index in [1.165, 1.54) is 12.3 Å². The van der Waals surface area contributed by atoms with Crippen LogP contribution in [0.3, 0.4) is 0 Å². The lowest BCUT2D eigenvalue weighted by Crippen LogP contribution is -2.01. The van der Waals surface area contributed by atoms with Gasteiger partial charge in [-0.25, -0.2) is 4.39 Å². The van der Waals surface area contributed by atoms with E-state index in [0.29, 0.717) is 12.1 Å². The Balaban J connectivity index is 2.01. The summed E-state index contributed by atoms with van der Waals surface area (Å²) in [5.74, 6) is -0.237. The molecule has 1 heterocycles. The van der Waals surface area contributed by atoms with E-state index in [-0.39, 0.29) is 5.82 Å². The third-order valence-corrected chi connectivity index (χ3v) is 3.71. The molecule has 0 atom stereocenters. The van der Waals surface area contributed by atoms with Crippen LogP contribution in [0.5, 0.6) is 0 Å². The minimum absolute atomic E-state index is 0.237. The van der Waals surface area contributed by atoms with Gasteiger partial charge in [0, 0.05) is 30.1 Å². The van der Waals surface area contributed by atoms with Crippen LogP contribution in [0.2, 0.25) is 0 Å². The number of nitrogens with zero attached hydrogens (tertiary/aromatic N) is 1. The topological polar surface area (TPSA) is 28.8 Å². The van der Waals surface area contributed by atoms with Crippen LogP contribution in [0.25, 0.3) is 11.1 Å². The molecule has 0 amide bonds. The Kier molecular flexibility index (Phi) is 3.88. The number of hydrogen-bond acceptors (Lipinski definition) is 1. The Morgan fingerprint density at radius 1 is 1.09 bits per heavy atom. The molecule has 3 heteroatoms. The molecule has 1 N–H and O–H groups in total. The maximum Gasteiger partial charge on any atom is 0.131 e. The fourth-order valence-corrected chi connectivity index (χ4v) is 2.57. The third kappa shape index (κ3) is 2.84. The van der Waals surface area contributed by atoms with Gasteiger partial charge in [0.1, 0.15) is 5.82 Å². The van der Waals surface area contributed by atoms with Gasteiger partial charge in [-0.05, 0) is 30.7 Å². The first-order valence-electron chi connectivity index (χ1n) is 7.18. The van der Waals surface area contributed by atoms with Crippen LogP contribution in [0.4, 0.5) is 4.39 Å². The summed E-state index contributed by atoms with van der Waals surface area (Å²) in [7, 11) is 0. The second kappa shape index (κ2) is 5.98. The van der Waals surface area contributed by atoms with E-state index < -0.39 is 0 Å². The van der Waals surface area contributed by atoms with Crippen LogP contribution >= 0.6 is 0 Å². The second-order valence-corrected chi connectivity index (χ2v) is 5.39. The Morgan fingerprint density at radius 2 is 1.86 bits per heavy atom. The van der Waals surface area contributed by atoms with E-state index in [4.69, 9.17) is 5.41 Å². The lowest BCUT2D eigenvalue weighted by molar-refractivity contribution is 0.631. The molecule has 0 saturated heterocycles. The number of aryl methyl sites for hydroxylation is 1. The van der Waals surface area contributed by atoms with Crippen molar-refractivity contribution in [3.05, 3.63) is 83.4 Å². The third-order valence-electron chi connectivity index (χ3n) is 3.71. The van der Waals surface area contributed by atoms with Crippen LogP contribution in [0.15, 0.2) is 60.8 Å². The molecule has 0 aliphatic rings. The van der Waals surface area contributed by atoms with Crippen molar-refractivity contribution in [1.82, 2.24) is 4.57 Å².